The largest absolute Gasteiger partial charge is 0.383 e. The van der Waals surface area contributed by atoms with Gasteiger partial charge in [-0.1, -0.05) is 0 Å². The molecule has 0 aliphatic carbocycles. The van der Waals surface area contributed by atoms with Crippen LogP contribution in [0.2, 0.25) is 0 Å². The van der Waals surface area contributed by atoms with Gasteiger partial charge < -0.3 is 4.90 Å². The maximum absolute atomic E-state index is 11.6. The highest BCUT2D eigenvalue weighted by Crippen LogP contribution is 2.02. The lowest BCUT2D eigenvalue weighted by molar-refractivity contribution is 0.104. The number of pyridine rings is 1. The topological polar surface area (TPSA) is 33.2 Å². The zero-order chi connectivity index (χ0) is 10.6. The van der Waals surface area contributed by atoms with Crippen molar-refractivity contribution in [1.82, 2.24) is 9.88 Å². The minimum atomic E-state index is 0.00389. The first kappa shape index (κ1) is 10.4. The third-order valence-electron chi connectivity index (χ3n) is 1.71. The van der Waals surface area contributed by atoms with Gasteiger partial charge in [-0.3, -0.25) is 9.78 Å². The Hall–Kier alpha value is -1.64. The fourth-order valence-corrected chi connectivity index (χ4v) is 1.01. The summed E-state index contributed by atoms with van der Waals surface area (Å²) < 4.78 is 0. The average molecular weight is 190 g/mol. The van der Waals surface area contributed by atoms with E-state index < -0.39 is 0 Å². The Bertz CT molecular complexity index is 356. The number of carbonyl (C=O) groups excluding carboxylic acids is 1. The second-order valence-electron chi connectivity index (χ2n) is 3.33. The molecule has 1 aromatic heterocycles. The molecule has 0 aliphatic heterocycles. The van der Waals surface area contributed by atoms with Crippen molar-refractivity contribution in [2.24, 2.45) is 0 Å². The fraction of sp³-hybridized carbons (Fsp3) is 0.273. The third-order valence-corrected chi connectivity index (χ3v) is 1.71. The molecule has 1 heterocycles. The minimum absolute atomic E-state index is 0.00389. The Kier molecular flexibility index (Phi) is 3.40. The molecule has 0 fully saturated rings. The molecule has 0 radical (unpaired) electrons. The molecule has 0 atom stereocenters. The van der Waals surface area contributed by atoms with E-state index in [1.165, 1.54) is 0 Å². The number of ketones is 1. The summed E-state index contributed by atoms with van der Waals surface area (Å²) in [4.78, 5) is 17.4. The summed E-state index contributed by atoms with van der Waals surface area (Å²) in [6.07, 6.45) is 4.93. The lowest BCUT2D eigenvalue weighted by Gasteiger charge is -2.02. The summed E-state index contributed by atoms with van der Waals surface area (Å²) in [5.41, 5.74) is 1.53. The predicted octanol–water partition coefficient (Wildman–Crippen LogP) is 1.65. The Morgan fingerprint density at radius 1 is 1.50 bits per heavy atom. The van der Waals surface area contributed by atoms with E-state index in [1.54, 1.807) is 30.6 Å². The van der Waals surface area contributed by atoms with Crippen LogP contribution in [0.5, 0.6) is 0 Å². The first-order chi connectivity index (χ1) is 6.59. The zero-order valence-corrected chi connectivity index (χ0v) is 8.69. The summed E-state index contributed by atoms with van der Waals surface area (Å²) in [7, 11) is 3.75. The van der Waals surface area contributed by atoms with E-state index >= 15 is 0 Å². The van der Waals surface area contributed by atoms with Gasteiger partial charge in [-0.05, 0) is 19.1 Å². The highest BCUT2D eigenvalue weighted by Gasteiger charge is 2.01. The smallest absolute Gasteiger partial charge is 0.187 e. The Balaban J connectivity index is 2.80. The van der Waals surface area contributed by atoms with Crippen molar-refractivity contribution >= 4 is 5.78 Å². The van der Waals surface area contributed by atoms with Crippen LogP contribution in [0.1, 0.15) is 16.1 Å². The SMILES string of the molecule is Cc1cc(C(=O)C=CN(C)C)ccn1. The maximum Gasteiger partial charge on any atom is 0.187 e. The quantitative estimate of drug-likeness (QED) is 0.536. The molecule has 14 heavy (non-hydrogen) atoms. The zero-order valence-electron chi connectivity index (χ0n) is 8.69. The summed E-state index contributed by atoms with van der Waals surface area (Å²) in [6.45, 7) is 1.87. The number of aromatic nitrogens is 1. The number of hydrogen-bond donors (Lipinski definition) is 0. The Morgan fingerprint density at radius 2 is 2.21 bits per heavy atom. The van der Waals surface area contributed by atoms with Gasteiger partial charge in [0.2, 0.25) is 0 Å². The van der Waals surface area contributed by atoms with Crippen LogP contribution >= 0.6 is 0 Å². The second-order valence-corrected chi connectivity index (χ2v) is 3.33. The molecule has 0 unspecified atom stereocenters. The fourth-order valence-electron chi connectivity index (χ4n) is 1.01. The van der Waals surface area contributed by atoms with E-state index in [1.807, 2.05) is 25.9 Å². The van der Waals surface area contributed by atoms with Gasteiger partial charge in [-0.2, -0.15) is 0 Å². The third kappa shape index (κ3) is 3.01. The van der Waals surface area contributed by atoms with Gasteiger partial charge in [0.15, 0.2) is 5.78 Å². The van der Waals surface area contributed by atoms with Crippen LogP contribution in [0.25, 0.3) is 0 Å². The van der Waals surface area contributed by atoms with Crippen molar-refractivity contribution in [2.45, 2.75) is 6.92 Å². The van der Waals surface area contributed by atoms with Gasteiger partial charge in [-0.15, -0.1) is 0 Å². The standard InChI is InChI=1S/C11H14N2O/c1-9-8-10(4-6-12-9)11(14)5-7-13(2)3/h4-8H,1-3H3. The van der Waals surface area contributed by atoms with E-state index in [0.29, 0.717) is 5.56 Å². The number of allylic oxidation sites excluding steroid dienone is 1. The molecule has 0 amide bonds. The highest BCUT2D eigenvalue weighted by molar-refractivity contribution is 6.04. The first-order valence-corrected chi connectivity index (χ1v) is 4.41. The van der Waals surface area contributed by atoms with Gasteiger partial charge in [0, 0.05) is 43.8 Å². The average Bonchev–Trinajstić information content (AvgIpc) is 2.14. The molecular formula is C11H14N2O. The summed E-state index contributed by atoms with van der Waals surface area (Å²) >= 11 is 0. The number of nitrogens with zero attached hydrogens (tertiary/aromatic N) is 2. The number of rotatable bonds is 3. The number of hydrogen-bond acceptors (Lipinski definition) is 3. The number of aryl methyl sites for hydroxylation is 1. The van der Waals surface area contributed by atoms with Crippen molar-refractivity contribution in [3.05, 3.63) is 41.9 Å². The molecule has 0 saturated carbocycles. The van der Waals surface area contributed by atoms with E-state index in [2.05, 4.69) is 4.98 Å². The molecule has 1 aromatic rings. The second kappa shape index (κ2) is 4.56. The van der Waals surface area contributed by atoms with Crippen molar-refractivity contribution < 1.29 is 4.79 Å². The molecule has 0 aromatic carbocycles. The predicted molar refractivity (Wildman–Crippen MR) is 56.1 cm³/mol. The molecular weight excluding hydrogens is 176 g/mol. The molecule has 1 rings (SSSR count). The Labute approximate surface area is 84.1 Å². The maximum atomic E-state index is 11.6. The lowest BCUT2D eigenvalue weighted by atomic mass is 10.1. The van der Waals surface area contributed by atoms with Crippen molar-refractivity contribution in [3.8, 4) is 0 Å². The minimum Gasteiger partial charge on any atom is -0.383 e. The molecule has 0 saturated heterocycles. The van der Waals surface area contributed by atoms with E-state index in [-0.39, 0.29) is 5.78 Å². The summed E-state index contributed by atoms with van der Waals surface area (Å²) in [5, 5.41) is 0. The lowest BCUT2D eigenvalue weighted by Crippen LogP contribution is -2.03. The van der Waals surface area contributed by atoms with Gasteiger partial charge in [0.25, 0.3) is 0 Å². The summed E-state index contributed by atoms with van der Waals surface area (Å²) in [6, 6.07) is 3.50. The Morgan fingerprint density at radius 3 is 2.79 bits per heavy atom. The van der Waals surface area contributed by atoms with Crippen molar-refractivity contribution in [1.29, 1.82) is 0 Å². The summed E-state index contributed by atoms with van der Waals surface area (Å²) in [5.74, 6) is 0.00389. The van der Waals surface area contributed by atoms with Crippen LogP contribution in [0, 0.1) is 6.92 Å². The number of carbonyl (C=O) groups is 1. The van der Waals surface area contributed by atoms with Crippen molar-refractivity contribution in [3.63, 3.8) is 0 Å². The monoisotopic (exact) mass is 190 g/mol. The normalized spacial score (nSPS) is 10.5. The van der Waals surface area contributed by atoms with Gasteiger partial charge in [0.1, 0.15) is 0 Å². The van der Waals surface area contributed by atoms with Gasteiger partial charge in [0.05, 0.1) is 0 Å². The van der Waals surface area contributed by atoms with Crippen LogP contribution in [0.15, 0.2) is 30.6 Å². The first-order valence-electron chi connectivity index (χ1n) is 4.41. The highest BCUT2D eigenvalue weighted by atomic mass is 16.1. The molecule has 0 aliphatic rings. The van der Waals surface area contributed by atoms with E-state index in [4.69, 9.17) is 0 Å². The van der Waals surface area contributed by atoms with Crippen LogP contribution in [-0.2, 0) is 0 Å². The van der Waals surface area contributed by atoms with Crippen LogP contribution in [0.3, 0.4) is 0 Å². The van der Waals surface area contributed by atoms with E-state index in [9.17, 15) is 4.79 Å². The van der Waals surface area contributed by atoms with Crippen LogP contribution in [-0.4, -0.2) is 29.8 Å². The van der Waals surface area contributed by atoms with Crippen molar-refractivity contribution in [2.75, 3.05) is 14.1 Å². The molecule has 0 spiro atoms. The molecule has 0 N–H and O–H groups in total. The van der Waals surface area contributed by atoms with Crippen LogP contribution < -0.4 is 0 Å². The van der Waals surface area contributed by atoms with Gasteiger partial charge in [-0.25, -0.2) is 0 Å². The molecule has 3 heteroatoms. The van der Waals surface area contributed by atoms with Gasteiger partial charge >= 0.3 is 0 Å². The molecule has 0 bridgehead atoms. The van der Waals surface area contributed by atoms with E-state index in [0.717, 1.165) is 5.69 Å². The molecule has 3 nitrogen and oxygen atoms in total. The van der Waals surface area contributed by atoms with Crippen LogP contribution in [0.4, 0.5) is 0 Å². The molecule has 74 valence electrons.